The van der Waals surface area contributed by atoms with Crippen LogP contribution in [0.1, 0.15) is 10.5 Å². The minimum atomic E-state index is -2.66. The number of halogens is 2. The van der Waals surface area contributed by atoms with Gasteiger partial charge in [-0.2, -0.15) is 0 Å². The van der Waals surface area contributed by atoms with E-state index in [-0.39, 0.29) is 18.8 Å². The van der Waals surface area contributed by atoms with Crippen LogP contribution in [0, 0.1) is 0 Å². The first-order chi connectivity index (χ1) is 6.48. The standard InChI is InChI=1S/C7H6F2N2O2S/c8-7(9)2-11(3-7)6-10-4(1-14-6)5(12)13/h1H,2-3H2,(H,12,13). The van der Waals surface area contributed by atoms with Gasteiger partial charge >= 0.3 is 5.97 Å². The number of carboxylic acid groups (broad SMARTS) is 1. The molecule has 0 unspecified atom stereocenters. The number of anilines is 1. The highest BCUT2D eigenvalue weighted by molar-refractivity contribution is 7.13. The summed E-state index contributed by atoms with van der Waals surface area (Å²) in [7, 11) is 0. The summed E-state index contributed by atoms with van der Waals surface area (Å²) < 4.78 is 24.9. The Labute approximate surface area is 81.8 Å². The van der Waals surface area contributed by atoms with Gasteiger partial charge in [0.15, 0.2) is 10.8 Å². The molecule has 0 aliphatic carbocycles. The molecule has 2 heterocycles. The third-order valence-electron chi connectivity index (χ3n) is 1.83. The molecule has 0 saturated carbocycles. The minimum Gasteiger partial charge on any atom is -0.476 e. The summed E-state index contributed by atoms with van der Waals surface area (Å²) in [5.74, 6) is -3.80. The lowest BCUT2D eigenvalue weighted by atomic mass is 10.2. The molecule has 1 aliphatic rings. The molecular weight excluding hydrogens is 214 g/mol. The summed E-state index contributed by atoms with van der Waals surface area (Å²) in [6.07, 6.45) is 0. The Bertz CT molecular complexity index is 372. The van der Waals surface area contributed by atoms with Crippen LogP contribution in [-0.2, 0) is 0 Å². The summed E-state index contributed by atoms with van der Waals surface area (Å²) in [6.45, 7) is -0.751. The second kappa shape index (κ2) is 2.88. The van der Waals surface area contributed by atoms with Gasteiger partial charge in [0.05, 0.1) is 13.1 Å². The number of carboxylic acids is 1. The van der Waals surface area contributed by atoms with Crippen LogP contribution in [-0.4, -0.2) is 35.1 Å². The van der Waals surface area contributed by atoms with Crippen LogP contribution in [0.4, 0.5) is 13.9 Å². The van der Waals surface area contributed by atoms with Gasteiger partial charge in [-0.05, 0) is 0 Å². The van der Waals surface area contributed by atoms with Crippen molar-refractivity contribution in [2.24, 2.45) is 0 Å². The van der Waals surface area contributed by atoms with Crippen LogP contribution in [0.3, 0.4) is 0 Å². The van der Waals surface area contributed by atoms with Gasteiger partial charge in [-0.25, -0.2) is 18.6 Å². The molecule has 1 aromatic rings. The molecule has 1 N–H and O–H groups in total. The van der Waals surface area contributed by atoms with E-state index in [0.29, 0.717) is 5.13 Å². The van der Waals surface area contributed by atoms with E-state index in [4.69, 9.17) is 5.11 Å². The second-order valence-corrected chi connectivity index (χ2v) is 3.87. The van der Waals surface area contributed by atoms with Crippen molar-refractivity contribution in [3.05, 3.63) is 11.1 Å². The summed E-state index contributed by atoms with van der Waals surface area (Å²) in [5.41, 5.74) is -0.0970. The summed E-state index contributed by atoms with van der Waals surface area (Å²) in [6, 6.07) is 0. The maximum absolute atomic E-state index is 12.5. The number of rotatable bonds is 2. The predicted molar refractivity (Wildman–Crippen MR) is 46.2 cm³/mol. The van der Waals surface area contributed by atoms with E-state index >= 15 is 0 Å². The van der Waals surface area contributed by atoms with Crippen molar-refractivity contribution in [3.8, 4) is 0 Å². The van der Waals surface area contributed by atoms with Gasteiger partial charge in [-0.1, -0.05) is 0 Å². The normalized spacial score (nSPS) is 19.1. The number of hydrogen-bond acceptors (Lipinski definition) is 4. The Morgan fingerprint density at radius 3 is 2.71 bits per heavy atom. The van der Waals surface area contributed by atoms with Crippen molar-refractivity contribution in [3.63, 3.8) is 0 Å². The molecule has 0 atom stereocenters. The van der Waals surface area contributed by atoms with Crippen LogP contribution in [0.25, 0.3) is 0 Å². The van der Waals surface area contributed by atoms with Crippen molar-refractivity contribution in [1.29, 1.82) is 0 Å². The topological polar surface area (TPSA) is 53.4 Å². The van der Waals surface area contributed by atoms with Crippen LogP contribution in [0.15, 0.2) is 5.38 Å². The Balaban J connectivity index is 2.08. The predicted octanol–water partition coefficient (Wildman–Crippen LogP) is 1.30. The quantitative estimate of drug-likeness (QED) is 0.816. The molecule has 1 aliphatic heterocycles. The SMILES string of the molecule is O=C(O)c1csc(N2CC(F)(F)C2)n1. The molecule has 0 spiro atoms. The third kappa shape index (κ3) is 1.54. The lowest BCUT2D eigenvalue weighted by Gasteiger charge is -2.38. The molecule has 0 radical (unpaired) electrons. The number of aromatic nitrogens is 1. The van der Waals surface area contributed by atoms with E-state index in [1.807, 2.05) is 0 Å². The molecular formula is C7H6F2N2O2S. The van der Waals surface area contributed by atoms with Crippen molar-refractivity contribution in [2.45, 2.75) is 5.92 Å². The molecule has 0 amide bonds. The van der Waals surface area contributed by atoms with Crippen LogP contribution < -0.4 is 4.90 Å². The Morgan fingerprint density at radius 1 is 1.64 bits per heavy atom. The lowest BCUT2D eigenvalue weighted by molar-refractivity contribution is -0.0262. The number of aromatic carboxylic acids is 1. The smallest absolute Gasteiger partial charge is 0.355 e. The zero-order valence-electron chi connectivity index (χ0n) is 6.91. The average Bonchev–Trinajstić information content (AvgIpc) is 2.47. The maximum Gasteiger partial charge on any atom is 0.355 e. The number of carbonyl (C=O) groups is 1. The molecule has 1 fully saturated rings. The highest BCUT2D eigenvalue weighted by Crippen LogP contribution is 2.33. The van der Waals surface area contributed by atoms with Gasteiger partial charge in [0.25, 0.3) is 5.92 Å². The van der Waals surface area contributed by atoms with Crippen molar-refractivity contribution in [1.82, 2.24) is 4.98 Å². The molecule has 76 valence electrons. The Morgan fingerprint density at radius 2 is 2.29 bits per heavy atom. The van der Waals surface area contributed by atoms with E-state index < -0.39 is 11.9 Å². The van der Waals surface area contributed by atoms with Gasteiger partial charge in [0, 0.05) is 5.38 Å². The van der Waals surface area contributed by atoms with Crippen LogP contribution in [0.2, 0.25) is 0 Å². The van der Waals surface area contributed by atoms with Gasteiger partial charge in [-0.3, -0.25) is 0 Å². The zero-order chi connectivity index (χ0) is 10.3. The van der Waals surface area contributed by atoms with Crippen molar-refractivity contribution < 1.29 is 18.7 Å². The fraction of sp³-hybridized carbons (Fsp3) is 0.429. The van der Waals surface area contributed by atoms with Crippen molar-refractivity contribution >= 4 is 22.4 Å². The number of thiazole rings is 1. The third-order valence-corrected chi connectivity index (χ3v) is 2.73. The van der Waals surface area contributed by atoms with Gasteiger partial charge in [0.2, 0.25) is 0 Å². The lowest BCUT2D eigenvalue weighted by Crippen LogP contribution is -2.56. The second-order valence-electron chi connectivity index (χ2n) is 3.03. The first-order valence-electron chi connectivity index (χ1n) is 3.79. The fourth-order valence-electron chi connectivity index (χ4n) is 1.16. The molecule has 4 nitrogen and oxygen atoms in total. The van der Waals surface area contributed by atoms with Crippen molar-refractivity contribution in [2.75, 3.05) is 18.0 Å². The minimum absolute atomic E-state index is 0.0970. The number of alkyl halides is 2. The molecule has 1 saturated heterocycles. The molecule has 14 heavy (non-hydrogen) atoms. The molecule has 0 bridgehead atoms. The fourth-order valence-corrected chi connectivity index (χ4v) is 1.95. The monoisotopic (exact) mass is 220 g/mol. The van der Waals surface area contributed by atoms with E-state index in [1.165, 1.54) is 10.3 Å². The zero-order valence-corrected chi connectivity index (χ0v) is 7.72. The summed E-state index contributed by atoms with van der Waals surface area (Å²) in [4.78, 5) is 15.5. The first-order valence-corrected chi connectivity index (χ1v) is 4.67. The summed E-state index contributed by atoms with van der Waals surface area (Å²) in [5, 5.41) is 10.2. The molecule has 7 heteroatoms. The largest absolute Gasteiger partial charge is 0.476 e. The van der Waals surface area contributed by atoms with E-state index in [1.54, 1.807) is 0 Å². The Kier molecular flexibility index (Phi) is 1.91. The number of nitrogens with zero attached hydrogens (tertiary/aromatic N) is 2. The van der Waals surface area contributed by atoms with Gasteiger partial charge in [-0.15, -0.1) is 11.3 Å². The highest BCUT2D eigenvalue weighted by atomic mass is 32.1. The van der Waals surface area contributed by atoms with Gasteiger partial charge in [0.1, 0.15) is 0 Å². The van der Waals surface area contributed by atoms with E-state index in [0.717, 1.165) is 11.3 Å². The highest BCUT2D eigenvalue weighted by Gasteiger charge is 2.45. The maximum atomic E-state index is 12.5. The number of hydrogen-bond donors (Lipinski definition) is 1. The van der Waals surface area contributed by atoms with E-state index in [2.05, 4.69) is 4.98 Å². The Hall–Kier alpha value is -1.24. The summed E-state index contributed by atoms with van der Waals surface area (Å²) >= 11 is 1.06. The molecule has 2 rings (SSSR count). The van der Waals surface area contributed by atoms with Crippen LogP contribution >= 0.6 is 11.3 Å². The van der Waals surface area contributed by atoms with Crippen LogP contribution in [0.5, 0.6) is 0 Å². The first kappa shape index (κ1) is 9.32. The molecule has 1 aromatic heterocycles. The van der Waals surface area contributed by atoms with E-state index in [9.17, 15) is 13.6 Å². The molecule has 0 aromatic carbocycles. The van der Waals surface area contributed by atoms with Gasteiger partial charge < -0.3 is 10.0 Å². The average molecular weight is 220 g/mol.